The maximum Gasteiger partial charge on any atom is 0.243 e. The van der Waals surface area contributed by atoms with Crippen LogP contribution in [0.25, 0.3) is 0 Å². The minimum Gasteiger partial charge on any atom is -0.354 e. The molecule has 2 heterocycles. The average molecular weight is 406 g/mol. The van der Waals surface area contributed by atoms with E-state index in [1.165, 1.54) is 0 Å². The molecular weight excluding hydrogens is 382 g/mol. The van der Waals surface area contributed by atoms with Crippen molar-refractivity contribution in [2.75, 3.05) is 31.3 Å². The van der Waals surface area contributed by atoms with E-state index in [-0.39, 0.29) is 24.4 Å². The van der Waals surface area contributed by atoms with Crippen LogP contribution >= 0.6 is 24.2 Å². The fraction of sp³-hybridized carbons (Fsp3) is 0.562. The second-order valence-corrected chi connectivity index (χ2v) is 9.15. The zero-order chi connectivity index (χ0) is 17.0. The standard InChI is InChI=1S/C16H23N3O3S2.ClH/c20-16(15-11-23-12-18-15)17-10-13-6-8-19(9-7-13)24(21,22)14-4-2-1-3-5-14;/h1-5,13,15,18H,6-12H2,(H,17,20);1H. The monoisotopic (exact) mass is 405 g/mol. The van der Waals surface area contributed by atoms with Crippen LogP contribution in [0.15, 0.2) is 35.2 Å². The summed E-state index contributed by atoms with van der Waals surface area (Å²) in [6.07, 6.45) is 1.55. The van der Waals surface area contributed by atoms with Gasteiger partial charge in [-0.1, -0.05) is 18.2 Å². The first-order valence-electron chi connectivity index (χ1n) is 8.21. The number of amides is 1. The summed E-state index contributed by atoms with van der Waals surface area (Å²) in [7, 11) is -3.40. The van der Waals surface area contributed by atoms with Crippen molar-refractivity contribution in [3.63, 3.8) is 0 Å². The summed E-state index contributed by atoms with van der Waals surface area (Å²) < 4.78 is 26.7. The Morgan fingerprint density at radius 1 is 1.24 bits per heavy atom. The molecule has 0 aliphatic carbocycles. The highest BCUT2D eigenvalue weighted by atomic mass is 35.5. The van der Waals surface area contributed by atoms with Gasteiger partial charge >= 0.3 is 0 Å². The molecule has 9 heteroatoms. The lowest BCUT2D eigenvalue weighted by Gasteiger charge is -2.31. The number of halogens is 1. The number of sulfonamides is 1. The minimum atomic E-state index is -3.40. The van der Waals surface area contributed by atoms with E-state index in [0.717, 1.165) is 24.5 Å². The van der Waals surface area contributed by atoms with Crippen molar-refractivity contribution in [3.05, 3.63) is 30.3 Å². The molecule has 2 fully saturated rings. The number of hydrogen-bond donors (Lipinski definition) is 2. The van der Waals surface area contributed by atoms with E-state index in [1.807, 2.05) is 6.07 Å². The van der Waals surface area contributed by atoms with Gasteiger partial charge in [0.25, 0.3) is 0 Å². The summed E-state index contributed by atoms with van der Waals surface area (Å²) in [4.78, 5) is 12.4. The number of piperidine rings is 1. The number of rotatable bonds is 5. The number of hydrogen-bond acceptors (Lipinski definition) is 5. The first-order valence-corrected chi connectivity index (χ1v) is 10.8. The van der Waals surface area contributed by atoms with Gasteiger partial charge in [-0.2, -0.15) is 4.31 Å². The van der Waals surface area contributed by atoms with Gasteiger partial charge < -0.3 is 5.32 Å². The van der Waals surface area contributed by atoms with Crippen LogP contribution in [0.2, 0.25) is 0 Å². The first-order chi connectivity index (χ1) is 11.6. The zero-order valence-electron chi connectivity index (χ0n) is 13.9. The smallest absolute Gasteiger partial charge is 0.243 e. The van der Waals surface area contributed by atoms with Crippen molar-refractivity contribution in [1.29, 1.82) is 0 Å². The van der Waals surface area contributed by atoms with E-state index in [2.05, 4.69) is 10.6 Å². The third-order valence-electron chi connectivity index (χ3n) is 4.55. The van der Waals surface area contributed by atoms with Crippen molar-refractivity contribution in [1.82, 2.24) is 14.9 Å². The first kappa shape index (κ1) is 20.5. The Hall–Kier alpha value is -0.800. The van der Waals surface area contributed by atoms with Gasteiger partial charge in [-0.3, -0.25) is 10.1 Å². The Kier molecular flexibility index (Phi) is 7.57. The van der Waals surface area contributed by atoms with E-state index < -0.39 is 10.0 Å². The normalized spacial score (nSPS) is 22.3. The Morgan fingerprint density at radius 2 is 1.92 bits per heavy atom. The summed E-state index contributed by atoms with van der Waals surface area (Å²) in [5.74, 6) is 2.04. The molecule has 1 aromatic rings. The molecule has 25 heavy (non-hydrogen) atoms. The van der Waals surface area contributed by atoms with Crippen molar-refractivity contribution in [3.8, 4) is 0 Å². The number of nitrogens with one attached hydrogen (secondary N) is 2. The van der Waals surface area contributed by atoms with Gasteiger partial charge in [-0.15, -0.1) is 24.2 Å². The van der Waals surface area contributed by atoms with E-state index in [0.29, 0.717) is 30.4 Å². The second kappa shape index (κ2) is 9.23. The zero-order valence-corrected chi connectivity index (χ0v) is 16.3. The molecule has 0 saturated carbocycles. The maximum absolute atomic E-state index is 12.6. The van der Waals surface area contributed by atoms with E-state index in [1.54, 1.807) is 40.3 Å². The molecule has 0 aromatic heterocycles. The molecule has 0 bridgehead atoms. The number of thioether (sulfide) groups is 1. The molecular formula is C16H24ClN3O3S2. The lowest BCUT2D eigenvalue weighted by molar-refractivity contribution is -0.122. The van der Waals surface area contributed by atoms with Crippen LogP contribution in [0, 0.1) is 5.92 Å². The maximum atomic E-state index is 12.6. The van der Waals surface area contributed by atoms with Gasteiger partial charge in [-0.25, -0.2) is 8.42 Å². The van der Waals surface area contributed by atoms with Crippen LogP contribution < -0.4 is 10.6 Å². The molecule has 2 saturated heterocycles. The molecule has 1 atom stereocenters. The number of benzene rings is 1. The van der Waals surface area contributed by atoms with Gasteiger partial charge in [0.15, 0.2) is 0 Å². The fourth-order valence-electron chi connectivity index (χ4n) is 3.03. The highest BCUT2D eigenvalue weighted by Crippen LogP contribution is 2.23. The summed E-state index contributed by atoms with van der Waals surface area (Å²) in [6, 6.07) is 8.47. The molecule has 1 unspecified atom stereocenters. The van der Waals surface area contributed by atoms with Crippen molar-refractivity contribution < 1.29 is 13.2 Å². The van der Waals surface area contributed by atoms with Crippen LogP contribution in [0.4, 0.5) is 0 Å². The minimum absolute atomic E-state index is 0. The number of carbonyl (C=O) groups excluding carboxylic acids is 1. The Bertz CT molecular complexity index is 658. The van der Waals surface area contributed by atoms with Gasteiger partial charge in [0, 0.05) is 31.3 Å². The third-order valence-corrected chi connectivity index (χ3v) is 7.40. The lowest BCUT2D eigenvalue weighted by Crippen LogP contribution is -2.46. The Morgan fingerprint density at radius 3 is 2.52 bits per heavy atom. The van der Waals surface area contributed by atoms with Crippen LogP contribution in [-0.2, 0) is 14.8 Å². The number of nitrogens with zero attached hydrogens (tertiary/aromatic N) is 1. The van der Waals surface area contributed by atoms with Crippen molar-refractivity contribution in [2.45, 2.75) is 23.8 Å². The molecule has 140 valence electrons. The predicted octanol–water partition coefficient (Wildman–Crippen LogP) is 1.29. The molecule has 2 aliphatic heterocycles. The molecule has 2 N–H and O–H groups in total. The highest BCUT2D eigenvalue weighted by Gasteiger charge is 2.30. The molecule has 2 aliphatic rings. The van der Waals surface area contributed by atoms with E-state index in [4.69, 9.17) is 0 Å². The molecule has 1 amide bonds. The third kappa shape index (κ3) is 5.10. The van der Waals surface area contributed by atoms with E-state index >= 15 is 0 Å². The van der Waals surface area contributed by atoms with Crippen LogP contribution in [0.1, 0.15) is 12.8 Å². The van der Waals surface area contributed by atoms with Crippen molar-refractivity contribution in [2.24, 2.45) is 5.92 Å². The van der Waals surface area contributed by atoms with Crippen LogP contribution in [-0.4, -0.2) is 55.9 Å². The SMILES string of the molecule is Cl.O=C(NCC1CCN(S(=O)(=O)c2ccccc2)CC1)C1CSCN1. The molecule has 6 nitrogen and oxygen atoms in total. The van der Waals surface area contributed by atoms with Gasteiger partial charge in [0.1, 0.15) is 0 Å². The second-order valence-electron chi connectivity index (χ2n) is 6.18. The van der Waals surface area contributed by atoms with Gasteiger partial charge in [0.05, 0.1) is 10.9 Å². The van der Waals surface area contributed by atoms with Crippen molar-refractivity contribution >= 4 is 40.1 Å². The summed E-state index contributed by atoms with van der Waals surface area (Å²) in [5.41, 5.74) is 0. The Labute approximate surface area is 159 Å². The van der Waals surface area contributed by atoms with Gasteiger partial charge in [-0.05, 0) is 30.9 Å². The molecule has 1 aromatic carbocycles. The van der Waals surface area contributed by atoms with Gasteiger partial charge in [0.2, 0.25) is 15.9 Å². The largest absolute Gasteiger partial charge is 0.354 e. The average Bonchev–Trinajstić information content (AvgIpc) is 3.15. The lowest BCUT2D eigenvalue weighted by atomic mass is 9.98. The molecule has 3 rings (SSSR count). The highest BCUT2D eigenvalue weighted by molar-refractivity contribution is 7.99. The molecule has 0 spiro atoms. The summed E-state index contributed by atoms with van der Waals surface area (Å²) >= 11 is 1.73. The van der Waals surface area contributed by atoms with Crippen LogP contribution in [0.3, 0.4) is 0 Å². The summed E-state index contributed by atoms with van der Waals surface area (Å²) in [6.45, 7) is 1.64. The van der Waals surface area contributed by atoms with E-state index in [9.17, 15) is 13.2 Å². The predicted molar refractivity (Wildman–Crippen MR) is 102 cm³/mol. The Balaban J connectivity index is 0.00000225. The van der Waals surface area contributed by atoms with Crippen LogP contribution in [0.5, 0.6) is 0 Å². The summed E-state index contributed by atoms with van der Waals surface area (Å²) in [5, 5.41) is 6.15. The quantitative estimate of drug-likeness (QED) is 0.771. The molecule has 0 radical (unpaired) electrons. The number of carbonyl (C=O) groups is 1. The fourth-order valence-corrected chi connectivity index (χ4v) is 5.46. The topological polar surface area (TPSA) is 78.5 Å².